The Morgan fingerprint density at radius 2 is 1.95 bits per heavy atom. The predicted molar refractivity (Wildman–Crippen MR) is 84.7 cm³/mol. The number of benzene rings is 1. The molecule has 20 heavy (non-hydrogen) atoms. The van der Waals surface area contributed by atoms with E-state index in [4.69, 9.17) is 11.5 Å². The molecule has 1 aromatic carbocycles. The quantitative estimate of drug-likeness (QED) is 0.715. The smallest absolute Gasteiger partial charge is 0.237 e. The Balaban J connectivity index is 2.48. The second-order valence-corrected chi connectivity index (χ2v) is 5.60. The minimum absolute atomic E-state index is 0.427. The summed E-state index contributed by atoms with van der Waals surface area (Å²) in [4.78, 5) is 13.5. The van der Waals surface area contributed by atoms with Crippen molar-refractivity contribution in [1.29, 1.82) is 0 Å². The third kappa shape index (κ3) is 4.53. The molecule has 0 bridgehead atoms. The molecule has 0 spiro atoms. The van der Waals surface area contributed by atoms with Crippen molar-refractivity contribution in [3.63, 3.8) is 0 Å². The van der Waals surface area contributed by atoms with Gasteiger partial charge in [0.2, 0.25) is 5.91 Å². The molecule has 0 aromatic heterocycles. The Bertz CT molecular complexity index is 443. The van der Waals surface area contributed by atoms with Crippen molar-refractivity contribution in [2.75, 3.05) is 18.0 Å². The fourth-order valence-corrected chi connectivity index (χ4v) is 2.29. The van der Waals surface area contributed by atoms with Gasteiger partial charge in [0.1, 0.15) is 0 Å². The van der Waals surface area contributed by atoms with Crippen LogP contribution < -0.4 is 16.4 Å². The Labute approximate surface area is 122 Å². The summed E-state index contributed by atoms with van der Waals surface area (Å²) in [6, 6.07) is 8.39. The molecule has 1 atom stereocenters. The fourth-order valence-electron chi connectivity index (χ4n) is 2.29. The van der Waals surface area contributed by atoms with Gasteiger partial charge < -0.3 is 16.4 Å². The van der Waals surface area contributed by atoms with Crippen molar-refractivity contribution in [3.8, 4) is 0 Å². The van der Waals surface area contributed by atoms with Gasteiger partial charge in [-0.15, -0.1) is 0 Å². The first kappa shape index (κ1) is 16.5. The summed E-state index contributed by atoms with van der Waals surface area (Å²) in [7, 11) is 0. The second kappa shape index (κ2) is 7.29. The van der Waals surface area contributed by atoms with Crippen LogP contribution >= 0.6 is 0 Å². The number of carbonyl (C=O) groups is 1. The second-order valence-electron chi connectivity index (χ2n) is 5.60. The maximum absolute atomic E-state index is 11.2. The molecule has 112 valence electrons. The minimum Gasteiger partial charge on any atom is -0.372 e. The SMILES string of the molecule is CCN(CCCCC(C)(N)C(N)=O)c1ccccc1C. The number of rotatable bonds is 8. The number of aryl methyl sites for hydroxylation is 1. The molecule has 0 aliphatic rings. The first-order chi connectivity index (χ1) is 9.38. The fraction of sp³-hybridized carbons (Fsp3) is 0.562. The molecule has 0 saturated heterocycles. The number of primary amides is 1. The molecule has 0 aliphatic heterocycles. The lowest BCUT2D eigenvalue weighted by Crippen LogP contribution is -2.49. The van der Waals surface area contributed by atoms with Gasteiger partial charge in [-0.05, 0) is 51.7 Å². The average Bonchev–Trinajstić information content (AvgIpc) is 2.40. The lowest BCUT2D eigenvalue weighted by molar-refractivity contribution is -0.122. The van der Waals surface area contributed by atoms with Crippen LogP contribution in [0.1, 0.15) is 38.7 Å². The van der Waals surface area contributed by atoms with Crippen molar-refractivity contribution in [3.05, 3.63) is 29.8 Å². The highest BCUT2D eigenvalue weighted by molar-refractivity contribution is 5.83. The molecule has 4 heteroatoms. The molecule has 1 unspecified atom stereocenters. The number of unbranched alkanes of at least 4 members (excludes halogenated alkanes) is 1. The molecule has 1 aromatic rings. The molecule has 0 aliphatic carbocycles. The summed E-state index contributed by atoms with van der Waals surface area (Å²) in [5.74, 6) is -0.427. The molecule has 0 heterocycles. The van der Waals surface area contributed by atoms with Crippen LogP contribution in [0, 0.1) is 6.92 Å². The summed E-state index contributed by atoms with van der Waals surface area (Å²) < 4.78 is 0. The highest BCUT2D eigenvalue weighted by Crippen LogP contribution is 2.20. The first-order valence-electron chi connectivity index (χ1n) is 7.28. The highest BCUT2D eigenvalue weighted by atomic mass is 16.1. The summed E-state index contributed by atoms with van der Waals surface area (Å²) >= 11 is 0. The van der Waals surface area contributed by atoms with Crippen LogP contribution in [-0.2, 0) is 4.79 Å². The number of anilines is 1. The van der Waals surface area contributed by atoms with Gasteiger partial charge in [0.15, 0.2) is 0 Å². The van der Waals surface area contributed by atoms with Crippen LogP contribution in [0.15, 0.2) is 24.3 Å². The topological polar surface area (TPSA) is 72.3 Å². The zero-order valence-electron chi connectivity index (χ0n) is 12.9. The zero-order chi connectivity index (χ0) is 15.2. The van der Waals surface area contributed by atoms with Gasteiger partial charge in [-0.2, -0.15) is 0 Å². The first-order valence-corrected chi connectivity index (χ1v) is 7.28. The number of nitrogens with zero attached hydrogens (tertiary/aromatic N) is 1. The molecule has 0 fully saturated rings. The Kier molecular flexibility index (Phi) is 6.02. The van der Waals surface area contributed by atoms with Crippen LogP contribution in [0.3, 0.4) is 0 Å². The molecule has 4 nitrogen and oxygen atoms in total. The van der Waals surface area contributed by atoms with E-state index in [9.17, 15) is 4.79 Å². The summed E-state index contributed by atoms with van der Waals surface area (Å²) in [5.41, 5.74) is 12.8. The van der Waals surface area contributed by atoms with E-state index in [-0.39, 0.29) is 0 Å². The lowest BCUT2D eigenvalue weighted by atomic mass is 9.95. The van der Waals surface area contributed by atoms with Crippen LogP contribution in [0.2, 0.25) is 0 Å². The lowest BCUT2D eigenvalue weighted by Gasteiger charge is -2.26. The molecule has 0 radical (unpaired) electrons. The van der Waals surface area contributed by atoms with Crippen molar-refractivity contribution in [2.24, 2.45) is 11.5 Å². The summed E-state index contributed by atoms with van der Waals surface area (Å²) in [5, 5.41) is 0. The van der Waals surface area contributed by atoms with E-state index in [1.165, 1.54) is 11.3 Å². The van der Waals surface area contributed by atoms with Crippen LogP contribution in [-0.4, -0.2) is 24.5 Å². The molecular weight excluding hydrogens is 250 g/mol. The number of amides is 1. The Morgan fingerprint density at radius 1 is 1.30 bits per heavy atom. The van der Waals surface area contributed by atoms with Gasteiger partial charge in [-0.1, -0.05) is 18.2 Å². The van der Waals surface area contributed by atoms with E-state index in [0.717, 1.165) is 25.9 Å². The number of hydrogen-bond acceptors (Lipinski definition) is 3. The van der Waals surface area contributed by atoms with Gasteiger partial charge in [-0.3, -0.25) is 4.79 Å². The van der Waals surface area contributed by atoms with Crippen molar-refractivity contribution < 1.29 is 4.79 Å². The van der Waals surface area contributed by atoms with Gasteiger partial charge >= 0.3 is 0 Å². The number of nitrogens with two attached hydrogens (primary N) is 2. The largest absolute Gasteiger partial charge is 0.372 e. The van der Waals surface area contributed by atoms with Gasteiger partial charge in [0, 0.05) is 18.8 Å². The average molecular weight is 277 g/mol. The summed E-state index contributed by atoms with van der Waals surface area (Å²) in [6.45, 7) is 7.93. The minimum atomic E-state index is -0.889. The molecule has 4 N–H and O–H groups in total. The van der Waals surface area contributed by atoms with E-state index >= 15 is 0 Å². The predicted octanol–water partition coefficient (Wildman–Crippen LogP) is 2.19. The third-order valence-electron chi connectivity index (χ3n) is 3.77. The zero-order valence-corrected chi connectivity index (χ0v) is 12.9. The number of carbonyl (C=O) groups excluding carboxylic acids is 1. The maximum atomic E-state index is 11.2. The standard InChI is InChI=1S/C16H27N3O/c1-4-19(14-10-6-5-9-13(14)2)12-8-7-11-16(3,18)15(17)20/h5-6,9-10H,4,7-8,11-12,18H2,1-3H3,(H2,17,20). The van der Waals surface area contributed by atoms with Gasteiger partial charge in [0.25, 0.3) is 0 Å². The number of para-hydroxylation sites is 1. The summed E-state index contributed by atoms with van der Waals surface area (Å²) in [6.07, 6.45) is 2.54. The van der Waals surface area contributed by atoms with Crippen LogP contribution in [0.4, 0.5) is 5.69 Å². The van der Waals surface area contributed by atoms with Gasteiger partial charge in [-0.25, -0.2) is 0 Å². The Hall–Kier alpha value is -1.55. The van der Waals surface area contributed by atoms with Crippen LogP contribution in [0.5, 0.6) is 0 Å². The number of hydrogen-bond donors (Lipinski definition) is 2. The van der Waals surface area contributed by atoms with Gasteiger partial charge in [0.05, 0.1) is 5.54 Å². The van der Waals surface area contributed by atoms with E-state index in [0.29, 0.717) is 6.42 Å². The Morgan fingerprint density at radius 3 is 2.50 bits per heavy atom. The van der Waals surface area contributed by atoms with Crippen molar-refractivity contribution in [1.82, 2.24) is 0 Å². The highest BCUT2D eigenvalue weighted by Gasteiger charge is 2.24. The van der Waals surface area contributed by atoms with E-state index < -0.39 is 11.4 Å². The normalized spacial score (nSPS) is 13.8. The van der Waals surface area contributed by atoms with E-state index in [1.807, 2.05) is 0 Å². The molecule has 1 amide bonds. The molecular formula is C16H27N3O. The van der Waals surface area contributed by atoms with Crippen LogP contribution in [0.25, 0.3) is 0 Å². The third-order valence-corrected chi connectivity index (χ3v) is 3.77. The van der Waals surface area contributed by atoms with E-state index in [2.05, 4.69) is 43.0 Å². The molecule has 0 saturated carbocycles. The maximum Gasteiger partial charge on any atom is 0.237 e. The monoisotopic (exact) mass is 277 g/mol. The van der Waals surface area contributed by atoms with Crippen molar-refractivity contribution in [2.45, 2.75) is 45.6 Å². The van der Waals surface area contributed by atoms with E-state index in [1.54, 1.807) is 6.92 Å². The molecule has 1 rings (SSSR count). The van der Waals surface area contributed by atoms with Crippen molar-refractivity contribution >= 4 is 11.6 Å².